The average molecular weight is 565 g/mol. The summed E-state index contributed by atoms with van der Waals surface area (Å²) in [5, 5.41) is 10.5. The number of benzene rings is 1. The third-order valence-electron chi connectivity index (χ3n) is 6.77. The molecule has 11 heteroatoms. The van der Waals surface area contributed by atoms with Gasteiger partial charge in [-0.1, -0.05) is 12.1 Å². The second-order valence-corrected chi connectivity index (χ2v) is 12.8. The Hall–Kier alpha value is -3.88. The molecule has 1 amide bonds. The molecule has 1 aromatic carbocycles. The van der Waals surface area contributed by atoms with Crippen molar-refractivity contribution in [2.75, 3.05) is 32.6 Å². The Morgan fingerprint density at radius 3 is 2.60 bits per heavy atom. The SMILES string of the molecule is CC(C)(C)OC(=O)N1CC=C(c2cc3c(-c4ccc(OC5CCOCC5)c(C#N)c4)ccnc3n2S(C)(=O)=O)C1. The lowest BCUT2D eigenvalue weighted by Gasteiger charge is -2.24. The van der Waals surface area contributed by atoms with E-state index in [2.05, 4.69) is 11.1 Å². The molecule has 0 unspecified atom stereocenters. The zero-order valence-corrected chi connectivity index (χ0v) is 23.8. The lowest BCUT2D eigenvalue weighted by molar-refractivity contribution is 0.0254. The number of carbonyl (C=O) groups excluding carboxylic acids is 1. The zero-order valence-electron chi connectivity index (χ0n) is 23.0. The van der Waals surface area contributed by atoms with Crippen LogP contribution in [0.3, 0.4) is 0 Å². The minimum absolute atomic E-state index is 0.00869. The van der Waals surface area contributed by atoms with Crippen LogP contribution in [0.15, 0.2) is 42.6 Å². The molecule has 2 aliphatic heterocycles. The fourth-order valence-electron chi connectivity index (χ4n) is 4.95. The minimum Gasteiger partial charge on any atom is -0.489 e. The van der Waals surface area contributed by atoms with E-state index in [0.717, 1.165) is 30.2 Å². The standard InChI is InChI=1S/C29H32N4O6S/c1-29(2,3)39-28(34)32-12-8-20(18-32)25-16-24-23(7-11-31-27(24)33(25)40(4,35)36)19-5-6-26(21(15-19)17-30)38-22-9-13-37-14-10-22/h5-8,11,15-16,22H,9-10,12-14,18H2,1-4H3. The van der Waals surface area contributed by atoms with Crippen molar-refractivity contribution in [2.45, 2.75) is 45.3 Å². The number of hydrogen-bond acceptors (Lipinski definition) is 8. The van der Waals surface area contributed by atoms with E-state index in [9.17, 15) is 18.5 Å². The third kappa shape index (κ3) is 5.69. The van der Waals surface area contributed by atoms with E-state index in [4.69, 9.17) is 14.2 Å². The third-order valence-corrected chi connectivity index (χ3v) is 7.80. The molecule has 1 fully saturated rings. The second-order valence-electron chi connectivity index (χ2n) is 11.0. The van der Waals surface area contributed by atoms with E-state index < -0.39 is 21.7 Å². The van der Waals surface area contributed by atoms with Crippen molar-refractivity contribution in [3.63, 3.8) is 0 Å². The molecule has 210 valence electrons. The van der Waals surface area contributed by atoms with Gasteiger partial charge in [-0.15, -0.1) is 0 Å². The maximum atomic E-state index is 13.0. The molecule has 4 heterocycles. The number of amides is 1. The quantitative estimate of drug-likeness (QED) is 0.441. The monoisotopic (exact) mass is 564 g/mol. The van der Waals surface area contributed by atoms with Crippen LogP contribution in [-0.2, 0) is 19.5 Å². The molecular formula is C29H32N4O6S. The smallest absolute Gasteiger partial charge is 0.410 e. The van der Waals surface area contributed by atoms with E-state index in [1.807, 2.05) is 12.1 Å². The number of nitrogens with zero attached hydrogens (tertiary/aromatic N) is 4. The Morgan fingerprint density at radius 1 is 1.18 bits per heavy atom. The number of nitriles is 1. The van der Waals surface area contributed by atoms with Gasteiger partial charge in [-0.05, 0) is 61.7 Å². The molecule has 0 atom stereocenters. The van der Waals surface area contributed by atoms with Crippen LogP contribution in [-0.4, -0.2) is 72.6 Å². The summed E-state index contributed by atoms with van der Waals surface area (Å²) in [5.41, 5.74) is 2.59. The molecule has 0 radical (unpaired) electrons. The Balaban J connectivity index is 1.52. The van der Waals surface area contributed by atoms with Crippen molar-refractivity contribution >= 4 is 32.7 Å². The van der Waals surface area contributed by atoms with Crippen molar-refractivity contribution in [1.82, 2.24) is 13.9 Å². The molecule has 40 heavy (non-hydrogen) atoms. The van der Waals surface area contributed by atoms with E-state index in [-0.39, 0.29) is 18.3 Å². The van der Waals surface area contributed by atoms with Crippen LogP contribution in [0.25, 0.3) is 27.7 Å². The van der Waals surface area contributed by atoms with Crippen LogP contribution in [0.2, 0.25) is 0 Å². The molecule has 0 aliphatic carbocycles. The number of fused-ring (bicyclic) bond motifs is 1. The predicted octanol–water partition coefficient (Wildman–Crippen LogP) is 4.57. The summed E-state index contributed by atoms with van der Waals surface area (Å²) in [4.78, 5) is 18.6. The van der Waals surface area contributed by atoms with Gasteiger partial charge in [0.25, 0.3) is 0 Å². The van der Waals surface area contributed by atoms with Gasteiger partial charge < -0.3 is 19.1 Å². The molecular weight excluding hydrogens is 532 g/mol. The maximum Gasteiger partial charge on any atom is 0.410 e. The Bertz CT molecular complexity index is 1640. The van der Waals surface area contributed by atoms with Crippen LogP contribution in [0, 0.1) is 11.3 Å². The molecule has 0 bridgehead atoms. The first-order valence-electron chi connectivity index (χ1n) is 13.1. The summed E-state index contributed by atoms with van der Waals surface area (Å²) in [6.07, 6.45) is 5.56. The normalized spacial score (nSPS) is 16.6. The van der Waals surface area contributed by atoms with Gasteiger partial charge in [0, 0.05) is 31.0 Å². The largest absolute Gasteiger partial charge is 0.489 e. The number of carbonyl (C=O) groups is 1. The number of pyridine rings is 1. The summed E-state index contributed by atoms with van der Waals surface area (Å²) < 4.78 is 44.2. The van der Waals surface area contributed by atoms with E-state index in [1.165, 1.54) is 8.87 Å². The molecule has 10 nitrogen and oxygen atoms in total. The minimum atomic E-state index is -3.76. The summed E-state index contributed by atoms with van der Waals surface area (Å²) in [5.74, 6) is 0.510. The first-order chi connectivity index (χ1) is 18.9. The van der Waals surface area contributed by atoms with Crippen LogP contribution >= 0.6 is 0 Å². The predicted molar refractivity (Wildman–Crippen MR) is 150 cm³/mol. The van der Waals surface area contributed by atoms with Crippen molar-refractivity contribution in [3.8, 4) is 22.9 Å². The lowest BCUT2D eigenvalue weighted by atomic mass is 10.0. The summed E-state index contributed by atoms with van der Waals surface area (Å²) in [7, 11) is -3.76. The van der Waals surface area contributed by atoms with Crippen molar-refractivity contribution in [2.24, 2.45) is 0 Å². The van der Waals surface area contributed by atoms with Crippen molar-refractivity contribution in [1.29, 1.82) is 5.26 Å². The van der Waals surface area contributed by atoms with Gasteiger partial charge in [-0.25, -0.2) is 22.2 Å². The van der Waals surface area contributed by atoms with Crippen LogP contribution < -0.4 is 4.74 Å². The average Bonchev–Trinajstić information content (AvgIpc) is 3.54. The van der Waals surface area contributed by atoms with Crippen molar-refractivity contribution in [3.05, 3.63) is 53.9 Å². The van der Waals surface area contributed by atoms with Gasteiger partial charge in [-0.3, -0.25) is 0 Å². The molecule has 0 spiro atoms. The zero-order chi connectivity index (χ0) is 28.7. The van der Waals surface area contributed by atoms with Crippen LogP contribution in [0.5, 0.6) is 5.75 Å². The van der Waals surface area contributed by atoms with Gasteiger partial charge in [0.2, 0.25) is 10.0 Å². The number of hydrogen-bond donors (Lipinski definition) is 0. The number of aromatic nitrogens is 2. The molecule has 3 aromatic rings. The molecule has 2 aromatic heterocycles. The highest BCUT2D eigenvalue weighted by Crippen LogP contribution is 2.36. The molecule has 0 N–H and O–H groups in total. The van der Waals surface area contributed by atoms with Gasteiger partial charge in [-0.2, -0.15) is 5.26 Å². The topological polar surface area (TPSA) is 124 Å². The van der Waals surface area contributed by atoms with E-state index in [0.29, 0.717) is 47.7 Å². The highest BCUT2D eigenvalue weighted by atomic mass is 32.2. The molecule has 2 aliphatic rings. The number of ether oxygens (including phenoxy) is 3. The van der Waals surface area contributed by atoms with Gasteiger partial charge in [0.1, 0.15) is 23.5 Å². The maximum absolute atomic E-state index is 13.0. The summed E-state index contributed by atoms with van der Waals surface area (Å²) >= 11 is 0. The lowest BCUT2D eigenvalue weighted by Crippen LogP contribution is -2.35. The Kier molecular flexibility index (Phi) is 7.33. The van der Waals surface area contributed by atoms with E-state index >= 15 is 0 Å². The molecule has 1 saturated heterocycles. The van der Waals surface area contributed by atoms with Gasteiger partial charge >= 0.3 is 6.09 Å². The fraction of sp³-hybridized carbons (Fsp3) is 0.414. The number of rotatable bonds is 5. The molecule has 5 rings (SSSR count). The highest BCUT2D eigenvalue weighted by Gasteiger charge is 2.29. The molecule has 0 saturated carbocycles. The summed E-state index contributed by atoms with van der Waals surface area (Å²) in [6, 6.07) is 11.2. The Morgan fingerprint density at radius 2 is 1.93 bits per heavy atom. The first kappa shape index (κ1) is 27.7. The van der Waals surface area contributed by atoms with Crippen molar-refractivity contribution < 1.29 is 27.4 Å². The van der Waals surface area contributed by atoms with Gasteiger partial charge in [0.05, 0.1) is 37.3 Å². The Labute approximate surface area is 233 Å². The summed E-state index contributed by atoms with van der Waals surface area (Å²) in [6.45, 7) is 7.15. The van der Waals surface area contributed by atoms with Gasteiger partial charge in [0.15, 0.2) is 5.65 Å². The fourth-order valence-corrected chi connectivity index (χ4v) is 5.94. The van der Waals surface area contributed by atoms with E-state index in [1.54, 1.807) is 51.2 Å². The second kappa shape index (κ2) is 10.6. The van der Waals surface area contributed by atoms with Crippen LogP contribution in [0.1, 0.15) is 44.9 Å². The first-order valence-corrected chi connectivity index (χ1v) is 15.0. The highest BCUT2D eigenvalue weighted by molar-refractivity contribution is 7.89. The van der Waals surface area contributed by atoms with Crippen LogP contribution in [0.4, 0.5) is 4.79 Å².